The number of Topliss-reactive ketones (excluding diaryl/α,β-unsaturated/α-hetero) is 1. The normalized spacial score (nSPS) is 17.0. The molecule has 1 saturated heterocycles. The minimum Gasteiger partial charge on any atom is -0.494 e. The van der Waals surface area contributed by atoms with E-state index in [2.05, 4.69) is 0 Å². The maximum Gasteiger partial charge on any atom is 0.222 e. The fourth-order valence-corrected chi connectivity index (χ4v) is 4.86. The summed E-state index contributed by atoms with van der Waals surface area (Å²) in [6.45, 7) is 9.67. The summed E-state index contributed by atoms with van der Waals surface area (Å²) < 4.78 is 12.2. The van der Waals surface area contributed by atoms with Gasteiger partial charge in [-0.05, 0) is 80.6 Å². The van der Waals surface area contributed by atoms with Crippen LogP contribution in [0.3, 0.4) is 0 Å². The van der Waals surface area contributed by atoms with Crippen LogP contribution >= 0.6 is 11.6 Å². The van der Waals surface area contributed by atoms with Crippen LogP contribution in [0.2, 0.25) is 5.02 Å². The lowest BCUT2D eigenvalue weighted by Gasteiger charge is -2.44. The molecule has 0 atom stereocenters. The first-order valence-corrected chi connectivity index (χ1v) is 12.1. The lowest BCUT2D eigenvalue weighted by molar-refractivity contribution is -0.135. The Morgan fingerprint density at radius 1 is 1.03 bits per heavy atom. The summed E-state index contributed by atoms with van der Waals surface area (Å²) in [5.41, 5.74) is 4.40. The third kappa shape index (κ3) is 5.03. The number of aryl methyl sites for hydroxylation is 4. The molecule has 2 heterocycles. The van der Waals surface area contributed by atoms with Crippen LogP contribution in [0.1, 0.15) is 64.7 Å². The summed E-state index contributed by atoms with van der Waals surface area (Å²) in [5, 5.41) is 0.762. The standard InChI is InChI=1S/C27H32ClNO4/c1-17-14-22-23(30)16-27(33-24(22)15-18(17)2)7-9-29(10-8-27)25(31)6-5-11-32-21-12-19(3)26(28)20(4)13-21/h12-15H,5-11,16H2,1-4H3. The fourth-order valence-electron chi connectivity index (χ4n) is 4.75. The first-order valence-electron chi connectivity index (χ1n) is 11.7. The van der Waals surface area contributed by atoms with E-state index < -0.39 is 5.60 Å². The van der Waals surface area contributed by atoms with Crippen molar-refractivity contribution in [1.29, 1.82) is 0 Å². The van der Waals surface area contributed by atoms with Gasteiger partial charge < -0.3 is 14.4 Å². The molecule has 2 aliphatic heterocycles. The van der Waals surface area contributed by atoms with E-state index in [-0.39, 0.29) is 11.7 Å². The highest BCUT2D eigenvalue weighted by atomic mass is 35.5. The molecule has 0 bridgehead atoms. The van der Waals surface area contributed by atoms with Crippen molar-refractivity contribution in [2.45, 2.75) is 65.4 Å². The summed E-state index contributed by atoms with van der Waals surface area (Å²) in [4.78, 5) is 27.4. The predicted octanol–water partition coefficient (Wildman–Crippen LogP) is 5.76. The van der Waals surface area contributed by atoms with Gasteiger partial charge in [-0.2, -0.15) is 0 Å². The van der Waals surface area contributed by atoms with Crippen molar-refractivity contribution >= 4 is 23.3 Å². The Kier molecular flexibility index (Phi) is 6.71. The molecular formula is C27H32ClNO4. The van der Waals surface area contributed by atoms with Crippen LogP contribution in [-0.4, -0.2) is 41.9 Å². The zero-order valence-corrected chi connectivity index (χ0v) is 20.7. The van der Waals surface area contributed by atoms with Crippen LogP contribution in [0.25, 0.3) is 0 Å². The van der Waals surface area contributed by atoms with Crippen molar-refractivity contribution < 1.29 is 19.1 Å². The Morgan fingerprint density at radius 3 is 2.33 bits per heavy atom. The Hall–Kier alpha value is -2.53. The Labute approximate surface area is 201 Å². The van der Waals surface area contributed by atoms with Gasteiger partial charge in [-0.1, -0.05) is 11.6 Å². The Balaban J connectivity index is 1.27. The maximum absolute atomic E-state index is 12.8. The summed E-state index contributed by atoms with van der Waals surface area (Å²) in [7, 11) is 0. The number of hydrogen-bond donors (Lipinski definition) is 0. The number of amides is 1. The quantitative estimate of drug-likeness (QED) is 0.522. The van der Waals surface area contributed by atoms with Crippen molar-refractivity contribution in [2.24, 2.45) is 0 Å². The molecular weight excluding hydrogens is 438 g/mol. The summed E-state index contributed by atoms with van der Waals surface area (Å²) in [5.74, 6) is 1.75. The molecule has 0 unspecified atom stereocenters. The molecule has 0 saturated carbocycles. The molecule has 176 valence electrons. The van der Waals surface area contributed by atoms with Gasteiger partial charge in [-0.25, -0.2) is 0 Å². The molecule has 2 aromatic carbocycles. The molecule has 1 spiro atoms. The Bertz CT molecular complexity index is 1060. The van der Waals surface area contributed by atoms with Crippen molar-refractivity contribution in [2.75, 3.05) is 19.7 Å². The van der Waals surface area contributed by atoms with Gasteiger partial charge in [-0.3, -0.25) is 9.59 Å². The van der Waals surface area contributed by atoms with Crippen molar-refractivity contribution in [3.05, 3.63) is 57.1 Å². The average Bonchev–Trinajstić information content (AvgIpc) is 2.77. The topological polar surface area (TPSA) is 55.8 Å². The first kappa shape index (κ1) is 23.6. The first-order chi connectivity index (χ1) is 15.7. The van der Waals surface area contributed by atoms with Gasteiger partial charge in [0.1, 0.15) is 17.1 Å². The van der Waals surface area contributed by atoms with Crippen molar-refractivity contribution in [3.8, 4) is 11.5 Å². The molecule has 4 rings (SSSR count). The van der Waals surface area contributed by atoms with Gasteiger partial charge in [0, 0.05) is 37.4 Å². The third-order valence-electron chi connectivity index (χ3n) is 6.95. The number of ether oxygens (including phenoxy) is 2. The summed E-state index contributed by atoms with van der Waals surface area (Å²) in [6, 6.07) is 7.76. The minimum atomic E-state index is -0.490. The number of hydrogen-bond acceptors (Lipinski definition) is 4. The lowest BCUT2D eigenvalue weighted by Crippen LogP contribution is -2.52. The second-order valence-corrected chi connectivity index (χ2v) is 9.90. The monoisotopic (exact) mass is 469 g/mol. The van der Waals surface area contributed by atoms with Gasteiger partial charge in [-0.15, -0.1) is 0 Å². The smallest absolute Gasteiger partial charge is 0.222 e. The number of likely N-dealkylation sites (tertiary alicyclic amines) is 1. The molecule has 33 heavy (non-hydrogen) atoms. The zero-order valence-electron chi connectivity index (χ0n) is 19.9. The van der Waals surface area contributed by atoms with Gasteiger partial charge >= 0.3 is 0 Å². The molecule has 6 heteroatoms. The number of carbonyl (C=O) groups excluding carboxylic acids is 2. The van der Waals surface area contributed by atoms with Crippen LogP contribution in [0, 0.1) is 27.7 Å². The number of halogens is 1. The highest BCUT2D eigenvalue weighted by molar-refractivity contribution is 6.32. The lowest BCUT2D eigenvalue weighted by atomic mass is 9.82. The number of nitrogens with zero attached hydrogens (tertiary/aromatic N) is 1. The van der Waals surface area contributed by atoms with Crippen LogP contribution in [0.4, 0.5) is 0 Å². The van der Waals surface area contributed by atoms with E-state index in [1.165, 1.54) is 0 Å². The highest BCUT2D eigenvalue weighted by Gasteiger charge is 2.43. The van der Waals surface area contributed by atoms with E-state index in [1.807, 2.05) is 56.9 Å². The molecule has 2 aliphatic rings. The average molecular weight is 470 g/mol. The van der Waals surface area contributed by atoms with Crippen LogP contribution in [0.5, 0.6) is 11.5 Å². The van der Waals surface area contributed by atoms with E-state index in [9.17, 15) is 9.59 Å². The van der Waals surface area contributed by atoms with E-state index >= 15 is 0 Å². The zero-order chi connectivity index (χ0) is 23.8. The second kappa shape index (κ2) is 9.38. The molecule has 1 amide bonds. The largest absolute Gasteiger partial charge is 0.494 e. The van der Waals surface area contributed by atoms with Crippen LogP contribution in [0.15, 0.2) is 24.3 Å². The summed E-state index contributed by atoms with van der Waals surface area (Å²) >= 11 is 6.21. The molecule has 0 aromatic heterocycles. The molecule has 0 aliphatic carbocycles. The molecule has 1 fully saturated rings. The van der Waals surface area contributed by atoms with Crippen molar-refractivity contribution in [1.82, 2.24) is 4.90 Å². The molecule has 0 N–H and O–H groups in total. The third-order valence-corrected chi connectivity index (χ3v) is 7.54. The number of benzene rings is 2. The van der Waals surface area contributed by atoms with Crippen LogP contribution in [-0.2, 0) is 4.79 Å². The van der Waals surface area contributed by atoms with Crippen molar-refractivity contribution in [3.63, 3.8) is 0 Å². The van der Waals surface area contributed by atoms with E-state index in [1.54, 1.807) is 0 Å². The second-order valence-electron chi connectivity index (χ2n) is 9.52. The highest BCUT2D eigenvalue weighted by Crippen LogP contribution is 2.40. The van der Waals surface area contributed by atoms with E-state index in [0.29, 0.717) is 63.1 Å². The van der Waals surface area contributed by atoms with Gasteiger partial charge in [0.25, 0.3) is 0 Å². The Morgan fingerprint density at radius 2 is 1.67 bits per heavy atom. The van der Waals surface area contributed by atoms with Gasteiger partial charge in [0.15, 0.2) is 5.78 Å². The number of rotatable bonds is 5. The predicted molar refractivity (Wildman–Crippen MR) is 130 cm³/mol. The molecule has 2 aromatic rings. The van der Waals surface area contributed by atoms with E-state index in [4.69, 9.17) is 21.1 Å². The molecule has 5 nitrogen and oxygen atoms in total. The summed E-state index contributed by atoms with van der Waals surface area (Å²) in [6.07, 6.45) is 2.84. The number of carbonyl (C=O) groups is 2. The van der Waals surface area contributed by atoms with Gasteiger partial charge in [0.05, 0.1) is 18.6 Å². The minimum absolute atomic E-state index is 0.130. The number of piperidine rings is 1. The SMILES string of the molecule is Cc1cc2c(cc1C)C(=O)CC1(CCN(C(=O)CCCOc3cc(C)c(Cl)c(C)c3)CC1)O2. The van der Waals surface area contributed by atoms with E-state index in [0.717, 1.165) is 33.0 Å². The number of fused-ring (bicyclic) bond motifs is 1. The number of ketones is 1. The van der Waals surface area contributed by atoms with Crippen LogP contribution < -0.4 is 9.47 Å². The van der Waals surface area contributed by atoms with Gasteiger partial charge in [0.2, 0.25) is 5.91 Å². The molecule has 0 radical (unpaired) electrons. The maximum atomic E-state index is 12.8. The fraction of sp³-hybridized carbons (Fsp3) is 0.481.